The number of carbonyl (C=O) groups excluding carboxylic acids is 1. The van der Waals surface area contributed by atoms with Gasteiger partial charge in [-0.05, 0) is 66.6 Å². The first-order valence-electron chi connectivity index (χ1n) is 10.3. The first-order chi connectivity index (χ1) is 15.9. The molecule has 2 heterocycles. The van der Waals surface area contributed by atoms with Gasteiger partial charge in [0, 0.05) is 44.8 Å². The van der Waals surface area contributed by atoms with Crippen LogP contribution in [0.15, 0.2) is 60.7 Å². The third kappa shape index (κ3) is 4.01. The van der Waals surface area contributed by atoms with Crippen molar-refractivity contribution in [2.75, 3.05) is 13.7 Å². The molecule has 0 fully saturated rings. The third-order valence-electron chi connectivity index (χ3n) is 5.84. The Bertz CT molecular complexity index is 1350. The lowest BCUT2D eigenvalue weighted by Gasteiger charge is -2.35. The highest BCUT2D eigenvalue weighted by Gasteiger charge is 2.37. The molecule has 1 unspecified atom stereocenters. The number of rotatable bonds is 3. The van der Waals surface area contributed by atoms with Gasteiger partial charge in [0.25, 0.3) is 0 Å². The number of halogens is 3. The van der Waals surface area contributed by atoms with Crippen molar-refractivity contribution in [3.8, 4) is 11.5 Å². The van der Waals surface area contributed by atoms with E-state index in [4.69, 9.17) is 32.7 Å². The third-order valence-corrected chi connectivity index (χ3v) is 6.33. The van der Waals surface area contributed by atoms with Gasteiger partial charge >= 0.3 is 6.09 Å². The zero-order valence-electron chi connectivity index (χ0n) is 17.6. The number of aromatic nitrogens is 1. The first-order valence-corrected chi connectivity index (χ1v) is 11.1. The molecule has 1 atom stereocenters. The minimum Gasteiger partial charge on any atom is -0.497 e. The summed E-state index contributed by atoms with van der Waals surface area (Å²) < 4.78 is 26.0. The molecule has 3 aromatic carbocycles. The van der Waals surface area contributed by atoms with Crippen LogP contribution in [0, 0.1) is 5.82 Å². The molecule has 5 rings (SSSR count). The van der Waals surface area contributed by atoms with Gasteiger partial charge in [-0.25, -0.2) is 9.18 Å². The Balaban J connectivity index is 1.61. The lowest BCUT2D eigenvalue weighted by Crippen LogP contribution is -2.42. The summed E-state index contributed by atoms with van der Waals surface area (Å²) in [6.07, 6.45) is -0.0143. The van der Waals surface area contributed by atoms with E-state index < -0.39 is 18.0 Å². The Morgan fingerprint density at radius 2 is 1.76 bits per heavy atom. The minimum absolute atomic E-state index is 0.336. The van der Waals surface area contributed by atoms with Gasteiger partial charge in [0.2, 0.25) is 0 Å². The highest BCUT2D eigenvalue weighted by molar-refractivity contribution is 6.31. The van der Waals surface area contributed by atoms with E-state index in [1.807, 2.05) is 12.1 Å². The highest BCUT2D eigenvalue weighted by Crippen LogP contribution is 2.40. The van der Waals surface area contributed by atoms with Gasteiger partial charge in [-0.3, -0.25) is 4.90 Å². The molecule has 1 aromatic heterocycles. The summed E-state index contributed by atoms with van der Waals surface area (Å²) in [6, 6.07) is 16.0. The van der Waals surface area contributed by atoms with Crippen molar-refractivity contribution in [2.24, 2.45) is 0 Å². The summed E-state index contributed by atoms with van der Waals surface area (Å²) >= 11 is 12.2. The molecular weight excluding hydrogens is 466 g/mol. The Morgan fingerprint density at radius 3 is 2.48 bits per heavy atom. The SMILES string of the molecule is COc1ccc(C2c3[nH]c4ccc(Cl)cc4c3CCN2C(=O)Oc2ccc(Cl)cc2)c(F)c1. The molecule has 8 heteroatoms. The van der Waals surface area contributed by atoms with Crippen LogP contribution in [0.4, 0.5) is 9.18 Å². The largest absolute Gasteiger partial charge is 0.497 e. The number of nitrogens with one attached hydrogen (secondary N) is 1. The summed E-state index contributed by atoms with van der Waals surface area (Å²) in [5.74, 6) is 0.270. The molecule has 0 spiro atoms. The maximum Gasteiger partial charge on any atom is 0.416 e. The Labute approximate surface area is 199 Å². The van der Waals surface area contributed by atoms with Crippen LogP contribution in [-0.2, 0) is 6.42 Å². The van der Waals surface area contributed by atoms with E-state index in [9.17, 15) is 4.79 Å². The van der Waals surface area contributed by atoms with Gasteiger partial charge in [-0.15, -0.1) is 0 Å². The highest BCUT2D eigenvalue weighted by atomic mass is 35.5. The lowest BCUT2D eigenvalue weighted by atomic mass is 9.92. The van der Waals surface area contributed by atoms with Crippen molar-refractivity contribution in [3.05, 3.63) is 93.3 Å². The molecule has 1 aliphatic heterocycles. The summed E-state index contributed by atoms with van der Waals surface area (Å²) in [4.78, 5) is 18.1. The fourth-order valence-electron chi connectivity index (χ4n) is 4.30. The Morgan fingerprint density at radius 1 is 1.03 bits per heavy atom. The number of hydrogen-bond acceptors (Lipinski definition) is 3. The number of ether oxygens (including phenoxy) is 2. The average Bonchev–Trinajstić information content (AvgIpc) is 3.18. The maximum atomic E-state index is 15.2. The number of aromatic amines is 1. The number of H-pyrrole nitrogens is 1. The minimum atomic E-state index is -0.717. The van der Waals surface area contributed by atoms with Crippen molar-refractivity contribution in [1.29, 1.82) is 0 Å². The monoisotopic (exact) mass is 484 g/mol. The Kier molecular flexibility index (Phi) is 5.64. The zero-order chi connectivity index (χ0) is 23.1. The number of fused-ring (bicyclic) bond motifs is 3. The molecular formula is C25H19Cl2FN2O3. The van der Waals surface area contributed by atoms with E-state index in [0.717, 1.165) is 22.2 Å². The van der Waals surface area contributed by atoms with Crippen LogP contribution in [0.1, 0.15) is 22.9 Å². The zero-order valence-corrected chi connectivity index (χ0v) is 19.1. The second-order valence-corrected chi connectivity index (χ2v) is 8.64. The number of nitrogens with zero attached hydrogens (tertiary/aromatic N) is 1. The van der Waals surface area contributed by atoms with Crippen molar-refractivity contribution >= 4 is 40.2 Å². The van der Waals surface area contributed by atoms with Crippen LogP contribution in [0.3, 0.4) is 0 Å². The number of benzene rings is 3. The van der Waals surface area contributed by atoms with E-state index in [1.54, 1.807) is 42.5 Å². The number of carbonyl (C=O) groups is 1. The quantitative estimate of drug-likeness (QED) is 0.349. The van der Waals surface area contributed by atoms with Crippen LogP contribution in [0.5, 0.6) is 11.5 Å². The molecule has 0 saturated heterocycles. The van der Waals surface area contributed by atoms with Crippen LogP contribution >= 0.6 is 23.2 Å². The molecule has 4 aromatic rings. The van der Waals surface area contributed by atoms with Crippen LogP contribution in [0.25, 0.3) is 10.9 Å². The maximum absolute atomic E-state index is 15.2. The predicted octanol–water partition coefficient (Wildman–Crippen LogP) is 6.77. The molecule has 1 aliphatic rings. The molecule has 1 amide bonds. The average molecular weight is 485 g/mol. The molecule has 0 radical (unpaired) electrons. The summed E-state index contributed by atoms with van der Waals surface area (Å²) in [5.41, 5.74) is 2.94. The van der Waals surface area contributed by atoms with Gasteiger partial charge in [-0.2, -0.15) is 0 Å². The van der Waals surface area contributed by atoms with E-state index in [2.05, 4.69) is 4.98 Å². The van der Waals surface area contributed by atoms with Crippen LogP contribution < -0.4 is 9.47 Å². The lowest BCUT2D eigenvalue weighted by molar-refractivity contribution is 0.134. The standard InChI is InChI=1S/C25H19Cl2FN2O3/c1-32-17-7-8-19(21(28)13-17)24-23-18(20-12-15(27)4-9-22(20)29-23)10-11-30(24)25(31)33-16-5-2-14(26)3-6-16/h2-9,12-13,24,29H,10-11H2,1H3. The van der Waals surface area contributed by atoms with Gasteiger partial charge in [0.15, 0.2) is 0 Å². The van der Waals surface area contributed by atoms with Crippen molar-refractivity contribution in [2.45, 2.75) is 12.5 Å². The second kappa shape index (κ2) is 8.61. The first kappa shape index (κ1) is 21.6. The van der Waals surface area contributed by atoms with Gasteiger partial charge < -0.3 is 14.5 Å². The van der Waals surface area contributed by atoms with E-state index in [1.165, 1.54) is 18.1 Å². The topological polar surface area (TPSA) is 54.6 Å². The summed E-state index contributed by atoms with van der Waals surface area (Å²) in [7, 11) is 1.48. The van der Waals surface area contributed by atoms with Crippen LogP contribution in [0.2, 0.25) is 10.0 Å². The molecule has 5 nitrogen and oxygen atoms in total. The fourth-order valence-corrected chi connectivity index (χ4v) is 4.60. The van der Waals surface area contributed by atoms with E-state index >= 15 is 4.39 Å². The van der Waals surface area contributed by atoms with Crippen molar-refractivity contribution in [3.63, 3.8) is 0 Å². The molecule has 0 bridgehead atoms. The summed E-state index contributed by atoms with van der Waals surface area (Å²) in [6.45, 7) is 0.342. The molecule has 168 valence electrons. The molecule has 0 aliphatic carbocycles. The van der Waals surface area contributed by atoms with Crippen LogP contribution in [-0.4, -0.2) is 29.6 Å². The smallest absolute Gasteiger partial charge is 0.416 e. The second-order valence-electron chi connectivity index (χ2n) is 7.76. The predicted molar refractivity (Wildman–Crippen MR) is 126 cm³/mol. The number of hydrogen-bond donors (Lipinski definition) is 1. The Hall–Kier alpha value is -3.22. The van der Waals surface area contributed by atoms with E-state index in [0.29, 0.717) is 40.1 Å². The molecule has 1 N–H and O–H groups in total. The van der Waals surface area contributed by atoms with Crippen molar-refractivity contribution < 1.29 is 18.7 Å². The molecule has 33 heavy (non-hydrogen) atoms. The van der Waals surface area contributed by atoms with E-state index in [-0.39, 0.29) is 0 Å². The van der Waals surface area contributed by atoms with Gasteiger partial charge in [0.05, 0.1) is 7.11 Å². The normalized spacial score (nSPS) is 15.4. The van der Waals surface area contributed by atoms with Gasteiger partial charge in [0.1, 0.15) is 23.4 Å². The molecule has 0 saturated carbocycles. The van der Waals surface area contributed by atoms with Gasteiger partial charge in [-0.1, -0.05) is 23.2 Å². The fraction of sp³-hybridized carbons (Fsp3) is 0.160. The van der Waals surface area contributed by atoms with Crippen molar-refractivity contribution in [1.82, 2.24) is 9.88 Å². The number of amides is 1. The number of methoxy groups -OCH3 is 1. The summed E-state index contributed by atoms with van der Waals surface area (Å²) in [5, 5.41) is 2.11.